The van der Waals surface area contributed by atoms with Crippen LogP contribution in [-0.2, 0) is 16.5 Å². The lowest BCUT2D eigenvalue weighted by atomic mass is 10.1. The number of halogens is 1. The van der Waals surface area contributed by atoms with Gasteiger partial charge in [0, 0.05) is 6.42 Å². The van der Waals surface area contributed by atoms with Crippen LogP contribution in [0.3, 0.4) is 0 Å². The third-order valence-corrected chi connectivity index (χ3v) is 2.39. The second kappa shape index (κ2) is 4.96. The van der Waals surface area contributed by atoms with Crippen LogP contribution < -0.4 is 4.18 Å². The molecule has 0 heterocycles. The molecule has 1 N–H and O–H groups in total. The molecular formula is C9H11BrO4S. The molecule has 0 saturated carbocycles. The Morgan fingerprint density at radius 2 is 1.93 bits per heavy atom. The Balaban J connectivity index is 2.73. The van der Waals surface area contributed by atoms with Gasteiger partial charge in [0.05, 0.1) is 6.26 Å². The summed E-state index contributed by atoms with van der Waals surface area (Å²) in [5, 5.41) is 8.45. The van der Waals surface area contributed by atoms with E-state index in [1.54, 1.807) is 24.3 Å². The standard InChI is InChI=1S/C9H11BrO4S/c1-15(12,13)14-8-4-2-7(3-5-8)6-9(10)11/h2-5,9,11H,6H2,1H3/t9-/m1/s1. The van der Waals surface area contributed by atoms with Gasteiger partial charge in [0.15, 0.2) is 0 Å². The van der Waals surface area contributed by atoms with Crippen molar-refractivity contribution < 1.29 is 17.7 Å². The summed E-state index contributed by atoms with van der Waals surface area (Å²) in [7, 11) is -3.47. The van der Waals surface area contributed by atoms with Crippen molar-refractivity contribution in [3.05, 3.63) is 29.8 Å². The van der Waals surface area contributed by atoms with Gasteiger partial charge in [-0.25, -0.2) is 0 Å². The highest BCUT2D eigenvalue weighted by molar-refractivity contribution is 9.09. The van der Waals surface area contributed by atoms with Crippen molar-refractivity contribution >= 4 is 26.0 Å². The summed E-state index contributed by atoms with van der Waals surface area (Å²) in [5.74, 6) is 0.269. The highest BCUT2D eigenvalue weighted by Gasteiger charge is 2.05. The number of hydrogen-bond acceptors (Lipinski definition) is 4. The fourth-order valence-corrected chi connectivity index (χ4v) is 1.88. The van der Waals surface area contributed by atoms with Gasteiger partial charge in [0.2, 0.25) is 0 Å². The van der Waals surface area contributed by atoms with Gasteiger partial charge >= 0.3 is 10.1 Å². The molecule has 1 rings (SSSR count). The van der Waals surface area contributed by atoms with E-state index < -0.39 is 15.1 Å². The average Bonchev–Trinajstić information content (AvgIpc) is 2.05. The maximum atomic E-state index is 10.8. The van der Waals surface area contributed by atoms with Crippen molar-refractivity contribution in [2.45, 2.75) is 11.4 Å². The van der Waals surface area contributed by atoms with E-state index >= 15 is 0 Å². The third-order valence-electron chi connectivity index (χ3n) is 1.58. The van der Waals surface area contributed by atoms with Crippen LogP contribution in [0.4, 0.5) is 0 Å². The minimum absolute atomic E-state index is 0.269. The molecule has 15 heavy (non-hydrogen) atoms. The highest BCUT2D eigenvalue weighted by atomic mass is 79.9. The fourth-order valence-electron chi connectivity index (χ4n) is 1.05. The topological polar surface area (TPSA) is 63.6 Å². The molecule has 0 aliphatic carbocycles. The Kier molecular flexibility index (Phi) is 4.12. The molecule has 4 nitrogen and oxygen atoms in total. The van der Waals surface area contributed by atoms with Gasteiger partial charge in [-0.2, -0.15) is 8.42 Å². The number of benzene rings is 1. The average molecular weight is 295 g/mol. The molecule has 0 aliphatic rings. The van der Waals surface area contributed by atoms with Crippen molar-refractivity contribution in [2.75, 3.05) is 6.26 Å². The SMILES string of the molecule is CS(=O)(=O)Oc1ccc(C[C@@H](O)Br)cc1. The Hall–Kier alpha value is -0.590. The van der Waals surface area contributed by atoms with Crippen molar-refractivity contribution in [3.8, 4) is 5.75 Å². The molecule has 1 atom stereocenters. The summed E-state index contributed by atoms with van der Waals surface area (Å²) in [6, 6.07) is 6.49. The van der Waals surface area contributed by atoms with Gasteiger partial charge in [-0.05, 0) is 17.7 Å². The molecule has 0 aliphatic heterocycles. The fraction of sp³-hybridized carbons (Fsp3) is 0.333. The molecule has 0 amide bonds. The first-order valence-corrected chi connectivity index (χ1v) is 6.90. The minimum Gasteiger partial charge on any atom is -0.383 e. The van der Waals surface area contributed by atoms with E-state index in [9.17, 15) is 8.42 Å². The first kappa shape index (κ1) is 12.5. The van der Waals surface area contributed by atoms with Crippen molar-refractivity contribution in [1.82, 2.24) is 0 Å². The molecule has 0 aromatic heterocycles. The lowest BCUT2D eigenvalue weighted by Crippen LogP contribution is -2.06. The van der Waals surface area contributed by atoms with Crippen molar-refractivity contribution in [2.24, 2.45) is 0 Å². The Bertz CT molecular complexity index is 410. The zero-order valence-corrected chi connectivity index (χ0v) is 10.5. The van der Waals surface area contributed by atoms with E-state index in [-0.39, 0.29) is 5.75 Å². The molecular weight excluding hydrogens is 284 g/mol. The Labute approximate surface area is 97.1 Å². The predicted octanol–water partition coefficient (Wildman–Crippen LogP) is 1.28. The summed E-state index contributed by atoms with van der Waals surface area (Å²) in [6.07, 6.45) is 1.45. The maximum absolute atomic E-state index is 10.8. The van der Waals surface area contributed by atoms with Crippen molar-refractivity contribution in [3.63, 3.8) is 0 Å². The zero-order valence-electron chi connectivity index (χ0n) is 8.05. The van der Waals surface area contributed by atoms with Crippen LogP contribution >= 0.6 is 15.9 Å². The second-order valence-corrected chi connectivity index (χ2v) is 5.70. The van der Waals surface area contributed by atoms with E-state index in [1.165, 1.54) is 0 Å². The number of hydrogen-bond donors (Lipinski definition) is 1. The zero-order chi connectivity index (χ0) is 11.5. The lowest BCUT2D eigenvalue weighted by Gasteiger charge is -2.05. The van der Waals surface area contributed by atoms with Crippen molar-refractivity contribution in [1.29, 1.82) is 0 Å². The molecule has 1 aromatic carbocycles. The predicted molar refractivity (Wildman–Crippen MR) is 60.6 cm³/mol. The van der Waals surface area contributed by atoms with E-state index in [0.717, 1.165) is 11.8 Å². The minimum atomic E-state index is -3.47. The smallest absolute Gasteiger partial charge is 0.306 e. The van der Waals surface area contributed by atoms with Gasteiger partial charge < -0.3 is 9.29 Å². The molecule has 1 aromatic rings. The van der Waals surface area contributed by atoms with Gasteiger partial charge in [0.25, 0.3) is 0 Å². The van der Waals surface area contributed by atoms with Crippen LogP contribution in [0.5, 0.6) is 5.75 Å². The normalized spacial score (nSPS) is 13.5. The van der Waals surface area contributed by atoms with E-state index in [4.69, 9.17) is 5.11 Å². The van der Waals surface area contributed by atoms with Gasteiger partial charge in [0.1, 0.15) is 10.8 Å². The second-order valence-electron chi connectivity index (χ2n) is 3.07. The molecule has 0 radical (unpaired) electrons. The number of rotatable bonds is 4. The quantitative estimate of drug-likeness (QED) is 0.671. The third kappa shape index (κ3) is 5.15. The number of aliphatic hydroxyl groups is 1. The van der Waals surface area contributed by atoms with E-state index in [1.807, 2.05) is 0 Å². The molecule has 0 fully saturated rings. The highest BCUT2D eigenvalue weighted by Crippen LogP contribution is 2.15. The van der Waals surface area contributed by atoms with Crippen LogP contribution in [0.2, 0.25) is 0 Å². The monoisotopic (exact) mass is 294 g/mol. The number of alkyl halides is 1. The largest absolute Gasteiger partial charge is 0.383 e. The first-order valence-electron chi connectivity index (χ1n) is 4.17. The van der Waals surface area contributed by atoms with Crippen LogP contribution in [0.1, 0.15) is 5.56 Å². The first-order chi connectivity index (χ1) is 6.87. The number of aliphatic hydroxyl groups excluding tert-OH is 1. The molecule has 0 bridgehead atoms. The van der Waals surface area contributed by atoms with Crippen LogP contribution in [0.25, 0.3) is 0 Å². The summed E-state index contributed by atoms with van der Waals surface area (Å²) >= 11 is 3.01. The van der Waals surface area contributed by atoms with Gasteiger partial charge in [-0.3, -0.25) is 0 Å². The maximum Gasteiger partial charge on any atom is 0.306 e. The van der Waals surface area contributed by atoms with Gasteiger partial charge in [-0.15, -0.1) is 0 Å². The van der Waals surface area contributed by atoms with Crippen LogP contribution in [0.15, 0.2) is 24.3 Å². The molecule has 0 saturated heterocycles. The van der Waals surface area contributed by atoms with Crippen LogP contribution in [-0.4, -0.2) is 24.8 Å². The Morgan fingerprint density at radius 1 is 1.40 bits per heavy atom. The molecule has 6 heteroatoms. The lowest BCUT2D eigenvalue weighted by molar-refractivity contribution is 0.271. The summed E-state index contributed by atoms with van der Waals surface area (Å²) < 4.78 is 26.2. The summed E-state index contributed by atoms with van der Waals surface area (Å²) in [6.45, 7) is 0. The van der Waals surface area contributed by atoms with E-state index in [2.05, 4.69) is 20.1 Å². The van der Waals surface area contributed by atoms with Gasteiger partial charge in [-0.1, -0.05) is 28.1 Å². The molecule has 0 unspecified atom stereocenters. The van der Waals surface area contributed by atoms with E-state index in [0.29, 0.717) is 6.42 Å². The Morgan fingerprint density at radius 3 is 2.33 bits per heavy atom. The summed E-state index contributed by atoms with van der Waals surface area (Å²) in [5.41, 5.74) is 0.889. The van der Waals surface area contributed by atoms with Crippen LogP contribution in [0, 0.1) is 0 Å². The molecule has 0 spiro atoms. The summed E-state index contributed by atoms with van der Waals surface area (Å²) in [4.78, 5) is 0. The molecule has 84 valence electrons.